The van der Waals surface area contributed by atoms with Crippen LogP contribution in [0, 0.1) is 29.9 Å². The van der Waals surface area contributed by atoms with Crippen molar-refractivity contribution in [3.05, 3.63) is 51.8 Å². The molecule has 0 saturated carbocycles. The van der Waals surface area contributed by atoms with Crippen LogP contribution in [-0.2, 0) is 16.6 Å². The Bertz CT molecular complexity index is 897. The maximum absolute atomic E-state index is 12.7. The molecule has 9 heteroatoms. The Morgan fingerprint density at radius 1 is 1.19 bits per heavy atom. The highest BCUT2D eigenvalue weighted by Gasteiger charge is 2.30. The van der Waals surface area contributed by atoms with E-state index in [1.165, 1.54) is 28.6 Å². The lowest BCUT2D eigenvalue weighted by Gasteiger charge is -2.31. The number of benzene rings is 1. The summed E-state index contributed by atoms with van der Waals surface area (Å²) in [5, 5.41) is 15.2. The van der Waals surface area contributed by atoms with Gasteiger partial charge in [0.05, 0.1) is 15.5 Å². The first-order chi connectivity index (χ1) is 12.3. The summed E-state index contributed by atoms with van der Waals surface area (Å²) in [5.74, 6) is 0.385. The largest absolute Gasteiger partial charge is 0.269 e. The van der Waals surface area contributed by atoms with Crippen molar-refractivity contribution in [3.8, 4) is 0 Å². The molecule has 8 nitrogen and oxygen atoms in total. The molecule has 0 N–H and O–H groups in total. The number of aryl methyl sites for hydroxylation is 2. The SMILES string of the molecule is Cc1cc(C)n(CC2CCN(S(=O)(=O)c3ccc([N+](=O)[O-])cc3)CC2)n1. The summed E-state index contributed by atoms with van der Waals surface area (Å²) in [6, 6.07) is 7.09. The number of sulfonamides is 1. The molecule has 1 saturated heterocycles. The number of nitro groups is 1. The predicted molar refractivity (Wildman–Crippen MR) is 96.3 cm³/mol. The van der Waals surface area contributed by atoms with E-state index in [9.17, 15) is 18.5 Å². The van der Waals surface area contributed by atoms with E-state index in [1.807, 2.05) is 24.6 Å². The third kappa shape index (κ3) is 3.78. The minimum Gasteiger partial charge on any atom is -0.269 e. The van der Waals surface area contributed by atoms with Crippen LogP contribution in [0.2, 0.25) is 0 Å². The molecule has 26 heavy (non-hydrogen) atoms. The second-order valence-electron chi connectivity index (χ2n) is 6.71. The number of nitrogens with zero attached hydrogens (tertiary/aromatic N) is 4. The van der Waals surface area contributed by atoms with Crippen molar-refractivity contribution >= 4 is 15.7 Å². The average molecular weight is 378 g/mol. The molecule has 0 aliphatic carbocycles. The Kier molecular flexibility index (Phi) is 5.10. The van der Waals surface area contributed by atoms with Crippen LogP contribution in [-0.4, -0.2) is 40.5 Å². The van der Waals surface area contributed by atoms with Crippen molar-refractivity contribution < 1.29 is 13.3 Å². The van der Waals surface area contributed by atoms with Gasteiger partial charge in [0, 0.05) is 37.5 Å². The van der Waals surface area contributed by atoms with Crippen LogP contribution in [0.4, 0.5) is 5.69 Å². The minimum absolute atomic E-state index is 0.0973. The van der Waals surface area contributed by atoms with E-state index in [2.05, 4.69) is 5.10 Å². The van der Waals surface area contributed by atoms with E-state index in [1.54, 1.807) is 0 Å². The highest BCUT2D eigenvalue weighted by molar-refractivity contribution is 7.89. The molecule has 1 aliphatic heterocycles. The fourth-order valence-corrected chi connectivity index (χ4v) is 4.80. The monoisotopic (exact) mass is 378 g/mol. The molecule has 1 aromatic heterocycles. The van der Waals surface area contributed by atoms with E-state index >= 15 is 0 Å². The maximum atomic E-state index is 12.7. The number of hydrogen-bond donors (Lipinski definition) is 0. The topological polar surface area (TPSA) is 98.3 Å². The standard InChI is InChI=1S/C17H22N4O4S/c1-13-11-14(2)20(18-13)12-15-7-9-19(10-8-15)26(24,25)17-5-3-16(4-6-17)21(22)23/h3-6,11,15H,7-10,12H2,1-2H3. The first-order valence-electron chi connectivity index (χ1n) is 8.53. The van der Waals surface area contributed by atoms with Crippen molar-refractivity contribution in [3.63, 3.8) is 0 Å². The van der Waals surface area contributed by atoms with Crippen molar-refractivity contribution in [2.75, 3.05) is 13.1 Å². The van der Waals surface area contributed by atoms with Gasteiger partial charge in [-0.25, -0.2) is 8.42 Å². The van der Waals surface area contributed by atoms with Crippen LogP contribution in [0.25, 0.3) is 0 Å². The van der Waals surface area contributed by atoms with Crippen LogP contribution in [0.1, 0.15) is 24.2 Å². The lowest BCUT2D eigenvalue weighted by molar-refractivity contribution is -0.384. The molecule has 0 unspecified atom stereocenters. The van der Waals surface area contributed by atoms with Crippen LogP contribution in [0.15, 0.2) is 35.2 Å². The lowest BCUT2D eigenvalue weighted by atomic mass is 9.98. The number of aromatic nitrogens is 2. The van der Waals surface area contributed by atoms with E-state index in [4.69, 9.17) is 0 Å². The van der Waals surface area contributed by atoms with E-state index in [0.717, 1.165) is 30.8 Å². The number of non-ortho nitro benzene ring substituents is 1. The van der Waals surface area contributed by atoms with Gasteiger partial charge in [-0.15, -0.1) is 0 Å². The van der Waals surface area contributed by atoms with Crippen LogP contribution >= 0.6 is 0 Å². The molecule has 140 valence electrons. The fraction of sp³-hybridized carbons (Fsp3) is 0.471. The second-order valence-corrected chi connectivity index (χ2v) is 8.65. The van der Waals surface area contributed by atoms with E-state index < -0.39 is 14.9 Å². The van der Waals surface area contributed by atoms with Gasteiger partial charge in [-0.3, -0.25) is 14.8 Å². The van der Waals surface area contributed by atoms with Crippen LogP contribution in [0.5, 0.6) is 0 Å². The van der Waals surface area contributed by atoms with Crippen LogP contribution in [0.3, 0.4) is 0 Å². The highest BCUT2D eigenvalue weighted by atomic mass is 32.2. The lowest BCUT2D eigenvalue weighted by Crippen LogP contribution is -2.39. The normalized spacial score (nSPS) is 16.7. The van der Waals surface area contributed by atoms with Gasteiger partial charge in [0.2, 0.25) is 10.0 Å². The van der Waals surface area contributed by atoms with Gasteiger partial charge in [-0.05, 0) is 50.8 Å². The number of nitro benzene ring substituents is 1. The third-order valence-electron chi connectivity index (χ3n) is 4.79. The Hall–Kier alpha value is -2.26. The quantitative estimate of drug-likeness (QED) is 0.588. The van der Waals surface area contributed by atoms with Gasteiger partial charge >= 0.3 is 0 Å². The van der Waals surface area contributed by atoms with Gasteiger partial charge in [0.15, 0.2) is 0 Å². The number of rotatable bonds is 5. The molecule has 1 aromatic carbocycles. The van der Waals surface area contributed by atoms with Crippen molar-refractivity contribution in [2.45, 2.75) is 38.1 Å². The molecule has 2 heterocycles. The summed E-state index contributed by atoms with van der Waals surface area (Å²) in [4.78, 5) is 10.3. The third-order valence-corrected chi connectivity index (χ3v) is 6.71. The van der Waals surface area contributed by atoms with Crippen molar-refractivity contribution in [1.82, 2.24) is 14.1 Å². The second kappa shape index (κ2) is 7.16. The first-order valence-corrected chi connectivity index (χ1v) is 9.97. The zero-order valence-corrected chi connectivity index (χ0v) is 15.6. The molecule has 1 aliphatic rings. The molecule has 0 atom stereocenters. The molecule has 0 amide bonds. The predicted octanol–water partition coefficient (Wildman–Crippen LogP) is 2.51. The molecule has 1 fully saturated rings. The molecule has 0 radical (unpaired) electrons. The van der Waals surface area contributed by atoms with Crippen molar-refractivity contribution in [1.29, 1.82) is 0 Å². The Morgan fingerprint density at radius 3 is 2.31 bits per heavy atom. The maximum Gasteiger partial charge on any atom is 0.269 e. The number of hydrogen-bond acceptors (Lipinski definition) is 5. The zero-order chi connectivity index (χ0) is 18.9. The molecular formula is C17H22N4O4S. The smallest absolute Gasteiger partial charge is 0.269 e. The first kappa shape index (κ1) is 18.5. The van der Waals surface area contributed by atoms with Gasteiger partial charge in [-0.1, -0.05) is 0 Å². The molecular weight excluding hydrogens is 356 g/mol. The highest BCUT2D eigenvalue weighted by Crippen LogP contribution is 2.26. The average Bonchev–Trinajstić information content (AvgIpc) is 2.92. The van der Waals surface area contributed by atoms with Crippen LogP contribution < -0.4 is 0 Å². The summed E-state index contributed by atoms with van der Waals surface area (Å²) in [6.07, 6.45) is 1.54. The molecule has 3 rings (SSSR count). The van der Waals surface area contributed by atoms with Crippen molar-refractivity contribution in [2.24, 2.45) is 5.92 Å². The van der Waals surface area contributed by atoms with E-state index in [0.29, 0.717) is 19.0 Å². The van der Waals surface area contributed by atoms with Gasteiger partial charge in [0.1, 0.15) is 0 Å². The molecule has 0 bridgehead atoms. The molecule has 2 aromatic rings. The van der Waals surface area contributed by atoms with Gasteiger partial charge in [0.25, 0.3) is 5.69 Å². The summed E-state index contributed by atoms with van der Waals surface area (Å²) in [5.41, 5.74) is 1.98. The zero-order valence-electron chi connectivity index (χ0n) is 14.8. The summed E-state index contributed by atoms with van der Waals surface area (Å²) < 4.78 is 28.9. The Labute approximate surface area is 152 Å². The Balaban J connectivity index is 1.64. The van der Waals surface area contributed by atoms with Gasteiger partial charge in [-0.2, -0.15) is 9.40 Å². The fourth-order valence-electron chi connectivity index (χ4n) is 3.33. The summed E-state index contributed by atoms with van der Waals surface area (Å²) in [6.45, 7) is 5.68. The Morgan fingerprint density at radius 2 is 1.81 bits per heavy atom. The minimum atomic E-state index is -3.62. The van der Waals surface area contributed by atoms with E-state index in [-0.39, 0.29) is 10.6 Å². The summed E-state index contributed by atoms with van der Waals surface area (Å²) in [7, 11) is -3.62. The summed E-state index contributed by atoms with van der Waals surface area (Å²) >= 11 is 0. The van der Waals surface area contributed by atoms with Gasteiger partial charge < -0.3 is 0 Å². The molecule has 0 spiro atoms. The number of piperidine rings is 1.